The van der Waals surface area contributed by atoms with Crippen LogP contribution in [-0.4, -0.2) is 32.8 Å². The number of aromatic nitrogens is 4. The van der Waals surface area contributed by atoms with Gasteiger partial charge in [-0.3, -0.25) is 0 Å². The lowest BCUT2D eigenvalue weighted by Gasteiger charge is -2.27. The lowest BCUT2D eigenvalue weighted by Crippen LogP contribution is -2.29. The molecule has 0 aliphatic carbocycles. The molecule has 1 N–H and O–H groups in total. The molecular weight excluding hydrogens is 341 g/mol. The van der Waals surface area contributed by atoms with Gasteiger partial charge in [0, 0.05) is 21.3 Å². The number of carbonyl (C=O) groups excluding carboxylic acids is 1. The fourth-order valence-electron chi connectivity index (χ4n) is 2.50. The van der Waals surface area contributed by atoms with Gasteiger partial charge in [-0.15, -0.1) is 0 Å². The minimum Gasteiger partial charge on any atom is -0.463 e. The molecule has 2 aromatic rings. The molecule has 120 valence electrons. The Hall–Kier alpha value is -2.12. The minimum atomic E-state index is -0.593. The fraction of sp³-hybridized carbons (Fsp3) is 0.286. The van der Waals surface area contributed by atoms with Crippen LogP contribution in [-0.2, 0) is 9.53 Å². The van der Waals surface area contributed by atoms with Crippen molar-refractivity contribution < 1.29 is 9.53 Å². The Morgan fingerprint density at radius 3 is 2.91 bits per heavy atom. The van der Waals surface area contributed by atoms with Crippen molar-refractivity contribution in [3.63, 3.8) is 0 Å². The van der Waals surface area contributed by atoms with E-state index < -0.39 is 12.0 Å². The quantitative estimate of drug-likeness (QED) is 0.854. The van der Waals surface area contributed by atoms with Crippen LogP contribution in [0.2, 0.25) is 10.0 Å². The van der Waals surface area contributed by atoms with E-state index in [1.54, 1.807) is 32.0 Å². The first-order valence-corrected chi connectivity index (χ1v) is 7.66. The topological polar surface area (TPSA) is 81.9 Å². The summed E-state index contributed by atoms with van der Waals surface area (Å²) < 4.78 is 6.67. The molecule has 0 spiro atoms. The number of tetrazole rings is 1. The van der Waals surface area contributed by atoms with Crippen LogP contribution >= 0.6 is 23.2 Å². The van der Waals surface area contributed by atoms with Crippen LogP contribution in [0.4, 0.5) is 5.95 Å². The molecule has 7 nitrogen and oxygen atoms in total. The number of allylic oxidation sites excluding steroid dienone is 1. The Morgan fingerprint density at radius 1 is 1.43 bits per heavy atom. The van der Waals surface area contributed by atoms with E-state index in [-0.39, 0.29) is 6.61 Å². The molecule has 2 heterocycles. The van der Waals surface area contributed by atoms with Crippen LogP contribution in [0.3, 0.4) is 0 Å². The summed E-state index contributed by atoms with van der Waals surface area (Å²) in [6, 6.07) is 4.47. The summed E-state index contributed by atoms with van der Waals surface area (Å²) in [4.78, 5) is 12.4. The molecule has 1 atom stereocenters. The van der Waals surface area contributed by atoms with Crippen LogP contribution < -0.4 is 5.32 Å². The van der Waals surface area contributed by atoms with Crippen molar-refractivity contribution in [3.05, 3.63) is 45.1 Å². The van der Waals surface area contributed by atoms with Gasteiger partial charge in [0.15, 0.2) is 0 Å². The van der Waals surface area contributed by atoms with E-state index in [1.165, 1.54) is 4.68 Å². The van der Waals surface area contributed by atoms with Crippen molar-refractivity contribution >= 4 is 35.1 Å². The summed E-state index contributed by atoms with van der Waals surface area (Å²) in [5.41, 5.74) is 1.67. The molecule has 23 heavy (non-hydrogen) atoms. The molecule has 1 aliphatic rings. The summed E-state index contributed by atoms with van der Waals surface area (Å²) >= 11 is 12.3. The SMILES string of the molecule is CCOC(=O)C1=C(C)Nc2nnnn2[C@H]1c1ccc(Cl)cc1Cl. The fourth-order valence-corrected chi connectivity index (χ4v) is 3.01. The number of ether oxygens (including phenoxy) is 1. The van der Waals surface area contributed by atoms with E-state index in [1.807, 2.05) is 0 Å². The highest BCUT2D eigenvalue weighted by Crippen LogP contribution is 2.38. The number of nitrogens with one attached hydrogen (secondary N) is 1. The molecule has 0 saturated heterocycles. The van der Waals surface area contributed by atoms with Gasteiger partial charge in [0.1, 0.15) is 6.04 Å². The summed E-state index contributed by atoms with van der Waals surface area (Å²) in [5, 5.41) is 15.4. The molecule has 1 aromatic heterocycles. The molecule has 1 aliphatic heterocycles. The van der Waals surface area contributed by atoms with Gasteiger partial charge in [-0.25, -0.2) is 4.79 Å². The molecule has 0 bridgehead atoms. The Kier molecular flexibility index (Phi) is 4.23. The smallest absolute Gasteiger partial charge is 0.338 e. The lowest BCUT2D eigenvalue weighted by molar-refractivity contribution is -0.139. The zero-order valence-corrected chi connectivity index (χ0v) is 13.9. The first-order chi connectivity index (χ1) is 11.0. The first-order valence-electron chi connectivity index (χ1n) is 6.90. The average molecular weight is 354 g/mol. The third kappa shape index (κ3) is 2.77. The Bertz CT molecular complexity index is 802. The normalized spacial score (nSPS) is 16.8. The van der Waals surface area contributed by atoms with Gasteiger partial charge >= 0.3 is 5.97 Å². The van der Waals surface area contributed by atoms with Gasteiger partial charge in [0.2, 0.25) is 5.95 Å². The molecular formula is C14H13Cl2N5O2. The number of anilines is 1. The van der Waals surface area contributed by atoms with Crippen molar-refractivity contribution in [2.45, 2.75) is 19.9 Å². The molecule has 3 rings (SSSR count). The predicted octanol–water partition coefficient (Wildman–Crippen LogP) is 2.83. The van der Waals surface area contributed by atoms with Gasteiger partial charge in [-0.2, -0.15) is 4.68 Å². The van der Waals surface area contributed by atoms with Gasteiger partial charge < -0.3 is 10.1 Å². The number of carbonyl (C=O) groups is 1. The molecule has 0 radical (unpaired) electrons. The molecule has 9 heteroatoms. The number of fused-ring (bicyclic) bond motifs is 1. The number of hydrogen-bond donors (Lipinski definition) is 1. The number of rotatable bonds is 3. The van der Waals surface area contributed by atoms with Crippen LogP contribution in [0.1, 0.15) is 25.5 Å². The van der Waals surface area contributed by atoms with Crippen molar-refractivity contribution in [1.82, 2.24) is 20.2 Å². The highest BCUT2D eigenvalue weighted by Gasteiger charge is 2.35. The second-order valence-corrected chi connectivity index (χ2v) is 5.74. The second-order valence-electron chi connectivity index (χ2n) is 4.90. The van der Waals surface area contributed by atoms with Crippen molar-refractivity contribution in [2.24, 2.45) is 0 Å². The summed E-state index contributed by atoms with van der Waals surface area (Å²) in [6.07, 6.45) is 0. The van der Waals surface area contributed by atoms with E-state index in [2.05, 4.69) is 20.8 Å². The third-order valence-electron chi connectivity index (χ3n) is 3.47. The number of hydrogen-bond acceptors (Lipinski definition) is 6. The monoisotopic (exact) mass is 353 g/mol. The summed E-state index contributed by atoms with van der Waals surface area (Å²) in [5.74, 6) is -0.0266. The van der Waals surface area contributed by atoms with Crippen LogP contribution in [0.25, 0.3) is 0 Å². The average Bonchev–Trinajstić information content (AvgIpc) is 2.94. The Morgan fingerprint density at radius 2 is 2.22 bits per heavy atom. The van der Waals surface area contributed by atoms with E-state index >= 15 is 0 Å². The highest BCUT2D eigenvalue weighted by molar-refractivity contribution is 6.35. The van der Waals surface area contributed by atoms with Crippen molar-refractivity contribution in [3.8, 4) is 0 Å². The number of benzene rings is 1. The zero-order chi connectivity index (χ0) is 16.6. The van der Waals surface area contributed by atoms with Crippen LogP contribution in [0.15, 0.2) is 29.5 Å². The Labute approximate surface area is 142 Å². The van der Waals surface area contributed by atoms with Gasteiger partial charge in [-0.05, 0) is 36.4 Å². The molecule has 0 saturated carbocycles. The van der Waals surface area contributed by atoms with E-state index in [9.17, 15) is 4.79 Å². The molecule has 1 aromatic carbocycles. The largest absolute Gasteiger partial charge is 0.463 e. The van der Waals surface area contributed by atoms with Gasteiger partial charge in [-0.1, -0.05) is 34.4 Å². The zero-order valence-electron chi connectivity index (χ0n) is 12.4. The summed E-state index contributed by atoms with van der Waals surface area (Å²) in [7, 11) is 0. The van der Waals surface area contributed by atoms with Crippen LogP contribution in [0, 0.1) is 0 Å². The van der Waals surface area contributed by atoms with E-state index in [4.69, 9.17) is 27.9 Å². The highest BCUT2D eigenvalue weighted by atomic mass is 35.5. The predicted molar refractivity (Wildman–Crippen MR) is 85.4 cm³/mol. The lowest BCUT2D eigenvalue weighted by atomic mass is 9.96. The number of halogens is 2. The van der Waals surface area contributed by atoms with Crippen molar-refractivity contribution in [2.75, 3.05) is 11.9 Å². The Balaban J connectivity index is 2.18. The third-order valence-corrected chi connectivity index (χ3v) is 4.03. The summed E-state index contributed by atoms with van der Waals surface area (Å²) in [6.45, 7) is 3.77. The maximum absolute atomic E-state index is 12.4. The molecule has 0 fully saturated rings. The molecule has 0 unspecified atom stereocenters. The maximum Gasteiger partial charge on any atom is 0.338 e. The van der Waals surface area contributed by atoms with E-state index in [0.29, 0.717) is 32.8 Å². The number of esters is 1. The van der Waals surface area contributed by atoms with Gasteiger partial charge in [0.25, 0.3) is 0 Å². The number of nitrogens with zero attached hydrogens (tertiary/aromatic N) is 4. The van der Waals surface area contributed by atoms with E-state index in [0.717, 1.165) is 0 Å². The van der Waals surface area contributed by atoms with Crippen LogP contribution in [0.5, 0.6) is 0 Å². The minimum absolute atomic E-state index is 0.263. The maximum atomic E-state index is 12.4. The first kappa shape index (κ1) is 15.8. The standard InChI is InChI=1S/C14H13Cl2N5O2/c1-3-23-13(22)11-7(2)17-14-18-19-20-21(14)12(11)9-5-4-8(15)6-10(9)16/h4-6,12H,3H2,1-2H3,(H,17,18,20)/t12-/m0/s1. The second kappa shape index (κ2) is 6.17. The van der Waals surface area contributed by atoms with Gasteiger partial charge in [0.05, 0.1) is 12.2 Å². The van der Waals surface area contributed by atoms with Crippen molar-refractivity contribution in [1.29, 1.82) is 0 Å². The molecule has 0 amide bonds.